The Morgan fingerprint density at radius 2 is 1.29 bits per heavy atom. The first-order chi connectivity index (χ1) is 7.61. The van der Waals surface area contributed by atoms with E-state index in [-0.39, 0.29) is 17.1 Å². The van der Waals surface area contributed by atoms with Crippen LogP contribution in [0.15, 0.2) is 48.5 Å². The van der Waals surface area contributed by atoms with Gasteiger partial charge in [-0.1, -0.05) is 26.2 Å². The molecule has 0 spiro atoms. The monoisotopic (exact) mass is 302 g/mol. The Kier molecular flexibility index (Phi) is 8.52. The predicted octanol–water partition coefficient (Wildman–Crippen LogP) is 2.20. The van der Waals surface area contributed by atoms with Crippen molar-refractivity contribution < 1.29 is 17.1 Å². The number of hydrogen-bond donors (Lipinski definition) is 0. The summed E-state index contributed by atoms with van der Waals surface area (Å²) in [4.78, 5) is 0. The van der Waals surface area contributed by atoms with Crippen LogP contribution in [-0.4, -0.2) is 17.6 Å². The van der Waals surface area contributed by atoms with E-state index in [0.717, 1.165) is 0 Å². The van der Waals surface area contributed by atoms with Crippen LogP contribution in [0.3, 0.4) is 0 Å². The van der Waals surface area contributed by atoms with Gasteiger partial charge in [0.2, 0.25) is 0 Å². The molecule has 0 atom stereocenters. The molecule has 0 saturated heterocycles. The third-order valence-electron chi connectivity index (χ3n) is 2.71. The van der Waals surface area contributed by atoms with E-state index in [2.05, 4.69) is 74.7 Å². The Bertz CT molecular complexity index is 323. The van der Waals surface area contributed by atoms with Crippen molar-refractivity contribution in [1.29, 1.82) is 0 Å². The number of rotatable bonds is 2. The summed E-state index contributed by atoms with van der Waals surface area (Å²) in [5.41, 5.74) is 0. The van der Waals surface area contributed by atoms with Gasteiger partial charge in [-0.25, -0.2) is 12.1 Å². The zero-order valence-corrected chi connectivity index (χ0v) is 14.5. The molecule has 100 valence electrons. The van der Waals surface area contributed by atoms with Crippen LogP contribution in [0.25, 0.3) is 0 Å². The third-order valence-corrected chi connectivity index (χ3v) is 6.15. The van der Waals surface area contributed by atoms with Crippen molar-refractivity contribution in [2.45, 2.75) is 26.2 Å². The second-order valence-corrected chi connectivity index (χ2v) is 10.7. The van der Waals surface area contributed by atoms with E-state index in [1.54, 1.807) is 10.4 Å². The minimum Gasteiger partial charge on any atom is -0.748 e. The van der Waals surface area contributed by atoms with Crippen LogP contribution in [0.5, 0.6) is 0 Å². The van der Waals surface area contributed by atoms with E-state index in [0.29, 0.717) is 0 Å². The molecule has 0 N–H and O–H groups in total. The van der Waals surface area contributed by atoms with Crippen LogP contribution < -0.4 is 10.4 Å². The molecule has 2 aromatic rings. The SMILES string of the molecule is C[SiH](C)[c-]1[cH-][cH-][cH-][cH-]1.C[SiH](C)[c-]1cccc1.[Fe]. The molecule has 0 aliphatic heterocycles. The maximum Gasteiger partial charge on any atom is 0.00103 e. The molecule has 3 heteroatoms. The smallest absolute Gasteiger partial charge is 0.00103 e. The third kappa shape index (κ3) is 6.22. The maximum absolute atomic E-state index is 2.34. The molecule has 17 heavy (non-hydrogen) atoms. The maximum atomic E-state index is 2.34. The van der Waals surface area contributed by atoms with Gasteiger partial charge >= 0.3 is 0 Å². The molecule has 0 nitrogen and oxygen atoms in total. The van der Waals surface area contributed by atoms with Crippen molar-refractivity contribution in [3.8, 4) is 0 Å². The molecule has 2 aromatic carbocycles. The van der Waals surface area contributed by atoms with Crippen molar-refractivity contribution >= 4 is 28.0 Å². The van der Waals surface area contributed by atoms with Crippen molar-refractivity contribution in [3.63, 3.8) is 0 Å². The van der Waals surface area contributed by atoms with Gasteiger partial charge in [0.15, 0.2) is 0 Å². The Morgan fingerprint density at radius 1 is 0.824 bits per heavy atom. The second kappa shape index (κ2) is 8.70. The van der Waals surface area contributed by atoms with Gasteiger partial charge < -0.3 is 29.5 Å². The summed E-state index contributed by atoms with van der Waals surface area (Å²) in [6.07, 6.45) is 0. The van der Waals surface area contributed by atoms with Crippen molar-refractivity contribution in [2.75, 3.05) is 0 Å². The van der Waals surface area contributed by atoms with Crippen LogP contribution in [0, 0.1) is 0 Å². The molecule has 0 saturated carbocycles. The fraction of sp³-hybridized carbons (Fsp3) is 0.286. The Balaban J connectivity index is 0.000000284. The van der Waals surface area contributed by atoms with Gasteiger partial charge in [-0.3, -0.25) is 0 Å². The van der Waals surface area contributed by atoms with E-state index in [4.69, 9.17) is 0 Å². The summed E-state index contributed by atoms with van der Waals surface area (Å²) in [6.45, 7) is 9.37. The second-order valence-electron chi connectivity index (χ2n) is 4.75. The summed E-state index contributed by atoms with van der Waals surface area (Å²) in [6, 6.07) is 17.3. The zero-order chi connectivity index (χ0) is 12.0. The van der Waals surface area contributed by atoms with Crippen molar-refractivity contribution in [2.24, 2.45) is 0 Å². The van der Waals surface area contributed by atoms with E-state index in [9.17, 15) is 0 Å². The van der Waals surface area contributed by atoms with Gasteiger partial charge in [-0.05, 0) is 0 Å². The Morgan fingerprint density at radius 3 is 1.53 bits per heavy atom. The predicted molar refractivity (Wildman–Crippen MR) is 81.1 cm³/mol. The van der Waals surface area contributed by atoms with Crippen molar-refractivity contribution in [1.82, 2.24) is 0 Å². The van der Waals surface area contributed by atoms with Gasteiger partial charge in [0.25, 0.3) is 0 Å². The molecule has 0 heterocycles. The van der Waals surface area contributed by atoms with Gasteiger partial charge in [0.05, 0.1) is 0 Å². The number of hydrogen-bond acceptors (Lipinski definition) is 0. The molecular weight excluding hydrogens is 280 g/mol. The van der Waals surface area contributed by atoms with Gasteiger partial charge in [0.1, 0.15) is 0 Å². The molecule has 0 aliphatic rings. The average molecular weight is 302 g/mol. The fourth-order valence-corrected chi connectivity index (χ4v) is 3.53. The molecule has 0 amide bonds. The summed E-state index contributed by atoms with van der Waals surface area (Å²) < 4.78 is 0. The van der Waals surface area contributed by atoms with Crippen molar-refractivity contribution in [3.05, 3.63) is 48.5 Å². The zero-order valence-electron chi connectivity index (χ0n) is 11.1. The van der Waals surface area contributed by atoms with Gasteiger partial charge in [0, 0.05) is 25.9 Å². The molecule has 0 aromatic heterocycles. The minimum absolute atomic E-state index is 0. The molecule has 0 radical (unpaired) electrons. The van der Waals surface area contributed by atoms with Gasteiger partial charge in [-0.15, -0.1) is 0 Å². The Labute approximate surface area is 119 Å². The normalized spacial score (nSPS) is 9.76. The van der Waals surface area contributed by atoms with Crippen LogP contribution >= 0.6 is 0 Å². The molecular formula is C14H22FeSi2-6. The molecule has 0 aliphatic carbocycles. The summed E-state index contributed by atoms with van der Waals surface area (Å²) >= 11 is 0. The van der Waals surface area contributed by atoms with Crippen LogP contribution in [0.2, 0.25) is 26.2 Å². The first kappa shape index (κ1) is 16.7. The van der Waals surface area contributed by atoms with Gasteiger partial charge in [-0.2, -0.15) is 26.1 Å². The standard InChI is InChI=1S/2C7H11Si.Fe/c2*1-8(2)7-5-3-4-6-7;/h2*3-6,8H,1-2H3;/q-5;-1;. The Hall–Kier alpha value is -0.347. The summed E-state index contributed by atoms with van der Waals surface area (Å²) in [5, 5.41) is 3.15. The average Bonchev–Trinajstić information content (AvgIpc) is 2.93. The van der Waals surface area contributed by atoms with Crippen LogP contribution in [0.4, 0.5) is 0 Å². The van der Waals surface area contributed by atoms with E-state index >= 15 is 0 Å². The van der Waals surface area contributed by atoms with E-state index < -0.39 is 17.6 Å². The molecule has 2 rings (SSSR count). The molecule has 0 fully saturated rings. The first-order valence-electron chi connectivity index (χ1n) is 6.04. The fourth-order valence-electron chi connectivity index (χ4n) is 1.55. The van der Waals surface area contributed by atoms with E-state index in [1.807, 2.05) is 0 Å². The topological polar surface area (TPSA) is 0 Å². The minimum atomic E-state index is -0.480. The van der Waals surface area contributed by atoms with Crippen LogP contribution in [0.1, 0.15) is 0 Å². The largest absolute Gasteiger partial charge is 0.748 e. The quantitative estimate of drug-likeness (QED) is 0.589. The summed E-state index contributed by atoms with van der Waals surface area (Å²) in [7, 11) is -0.960. The molecule has 0 unspecified atom stereocenters. The molecule has 0 bridgehead atoms. The van der Waals surface area contributed by atoms with E-state index in [1.165, 1.54) is 0 Å². The summed E-state index contributed by atoms with van der Waals surface area (Å²) in [5.74, 6) is 0. The first-order valence-corrected chi connectivity index (χ1v) is 11.8. The van der Waals surface area contributed by atoms with Crippen LogP contribution in [-0.2, 0) is 17.1 Å².